The van der Waals surface area contributed by atoms with E-state index < -0.39 is 18.2 Å². The molecule has 3 unspecified atom stereocenters. The summed E-state index contributed by atoms with van der Waals surface area (Å²) in [4.78, 5) is 26.0. The van der Waals surface area contributed by atoms with Crippen molar-refractivity contribution in [2.45, 2.75) is 257 Å². The van der Waals surface area contributed by atoms with Crippen LogP contribution in [0, 0.1) is 0 Å². The molecule has 3 N–H and O–H groups in total. The van der Waals surface area contributed by atoms with E-state index >= 15 is 0 Å². The average Bonchev–Trinajstić information content (AvgIpc) is 3.18. The van der Waals surface area contributed by atoms with E-state index in [-0.39, 0.29) is 24.9 Å². The van der Waals surface area contributed by atoms with E-state index in [1.165, 1.54) is 109 Å². The van der Waals surface area contributed by atoms with Gasteiger partial charge in [0.05, 0.1) is 25.2 Å². The molecular weight excluding hydrogens is 683 g/mol. The fourth-order valence-electron chi connectivity index (χ4n) is 7.06. The van der Waals surface area contributed by atoms with E-state index in [1.54, 1.807) is 0 Å². The number of esters is 1. The third-order valence-electron chi connectivity index (χ3n) is 10.7. The van der Waals surface area contributed by atoms with Gasteiger partial charge in [-0.2, -0.15) is 0 Å². The van der Waals surface area contributed by atoms with Crippen molar-refractivity contribution in [3.63, 3.8) is 0 Å². The molecule has 0 bridgehead atoms. The fraction of sp³-hybridized carbons (Fsp3) is 0.837. The van der Waals surface area contributed by atoms with E-state index in [0.717, 1.165) is 83.5 Å². The van der Waals surface area contributed by atoms with E-state index in [1.807, 2.05) is 0 Å². The second kappa shape index (κ2) is 43.2. The highest BCUT2D eigenvalue weighted by atomic mass is 16.5. The predicted molar refractivity (Wildman–Crippen MR) is 236 cm³/mol. The number of hydrogen-bond donors (Lipinski definition) is 3. The van der Waals surface area contributed by atoms with Crippen molar-refractivity contribution in [2.24, 2.45) is 0 Å². The number of aliphatic hydroxyl groups is 2. The fourth-order valence-corrected chi connectivity index (χ4v) is 7.06. The minimum Gasteiger partial charge on any atom is -0.462 e. The summed E-state index contributed by atoms with van der Waals surface area (Å²) in [6.45, 7) is 6.42. The van der Waals surface area contributed by atoms with Crippen LogP contribution in [0.1, 0.15) is 239 Å². The smallest absolute Gasteiger partial charge is 0.306 e. The molecule has 0 aromatic carbocycles. The van der Waals surface area contributed by atoms with Crippen LogP contribution >= 0.6 is 0 Å². The van der Waals surface area contributed by atoms with Crippen molar-refractivity contribution in [3.05, 3.63) is 36.5 Å². The Balaban J connectivity index is 4.65. The first-order chi connectivity index (χ1) is 27.0. The lowest BCUT2D eigenvalue weighted by molar-refractivity contribution is -0.151. The van der Waals surface area contributed by atoms with Crippen molar-refractivity contribution in [1.29, 1.82) is 0 Å². The number of amides is 1. The zero-order valence-electron chi connectivity index (χ0n) is 36.6. The van der Waals surface area contributed by atoms with Crippen LogP contribution in [0.5, 0.6) is 0 Å². The molecule has 0 heterocycles. The summed E-state index contributed by atoms with van der Waals surface area (Å²) in [7, 11) is 0. The van der Waals surface area contributed by atoms with Crippen LogP contribution in [0.2, 0.25) is 0 Å². The van der Waals surface area contributed by atoms with Gasteiger partial charge in [-0.3, -0.25) is 9.59 Å². The largest absolute Gasteiger partial charge is 0.462 e. The van der Waals surface area contributed by atoms with E-state index in [9.17, 15) is 19.8 Å². The second-order valence-corrected chi connectivity index (χ2v) is 16.2. The highest BCUT2D eigenvalue weighted by Crippen LogP contribution is 2.17. The normalized spacial score (nSPS) is 13.6. The Morgan fingerprint density at radius 1 is 0.527 bits per heavy atom. The van der Waals surface area contributed by atoms with Gasteiger partial charge < -0.3 is 20.3 Å². The van der Waals surface area contributed by atoms with Crippen molar-refractivity contribution >= 4 is 11.9 Å². The number of unbranched alkanes of at least 4 members (excludes halogenated alkanes) is 25. The predicted octanol–water partition coefficient (Wildman–Crippen LogP) is 13.7. The quantitative estimate of drug-likeness (QED) is 0.0248. The summed E-state index contributed by atoms with van der Waals surface area (Å²) in [5.74, 6) is -0.511. The molecule has 0 aliphatic carbocycles. The average molecular weight is 774 g/mol. The van der Waals surface area contributed by atoms with Gasteiger partial charge in [0.25, 0.3) is 0 Å². The van der Waals surface area contributed by atoms with Crippen LogP contribution < -0.4 is 5.32 Å². The summed E-state index contributed by atoms with van der Waals surface area (Å²) in [6.07, 6.45) is 49.1. The number of allylic oxidation sites excluding steroid dienone is 6. The summed E-state index contributed by atoms with van der Waals surface area (Å²) in [5, 5.41) is 23.6. The lowest BCUT2D eigenvalue weighted by Gasteiger charge is -2.24. The molecule has 6 heteroatoms. The maximum Gasteiger partial charge on any atom is 0.306 e. The Kier molecular flexibility index (Phi) is 41.7. The molecular formula is C49H91NO5. The molecule has 6 nitrogen and oxygen atoms in total. The molecule has 0 saturated heterocycles. The monoisotopic (exact) mass is 774 g/mol. The summed E-state index contributed by atoms with van der Waals surface area (Å²) in [6, 6.07) is -0.707. The molecule has 0 saturated carbocycles. The molecule has 0 aliphatic rings. The van der Waals surface area contributed by atoms with Gasteiger partial charge in [0.2, 0.25) is 5.91 Å². The van der Waals surface area contributed by atoms with Crippen molar-refractivity contribution in [1.82, 2.24) is 5.32 Å². The second-order valence-electron chi connectivity index (χ2n) is 16.2. The first-order valence-electron chi connectivity index (χ1n) is 23.7. The Labute approximate surface area is 341 Å². The van der Waals surface area contributed by atoms with Gasteiger partial charge >= 0.3 is 5.97 Å². The van der Waals surface area contributed by atoms with Gasteiger partial charge in [0.15, 0.2) is 0 Å². The number of ether oxygens (including phenoxy) is 1. The Morgan fingerprint density at radius 2 is 0.927 bits per heavy atom. The zero-order valence-corrected chi connectivity index (χ0v) is 36.6. The molecule has 0 aromatic rings. The van der Waals surface area contributed by atoms with Crippen molar-refractivity contribution in [3.8, 4) is 0 Å². The maximum atomic E-state index is 13.1. The highest BCUT2D eigenvalue weighted by molar-refractivity contribution is 5.77. The first kappa shape index (κ1) is 53.1. The number of nitrogens with one attached hydrogen (secondary N) is 1. The molecule has 0 aromatic heterocycles. The standard InChI is InChI=1S/C49H91NO5/c1-4-7-10-13-16-19-22-24-26-28-31-34-37-40-45(55-49(54)42-39-36-33-30-27-25-23-20-17-14-11-8-5-2)43-48(53)50-46(44-51)47(52)41-38-35-32-29-21-18-15-12-9-6-3/h16,19,22,24-25,27,45-47,51-52H,4-15,17-18,20-21,23,26,28-44H2,1-3H3,(H,50,53)/b19-16+,24-22+,27-25-. The van der Waals surface area contributed by atoms with Gasteiger partial charge in [0.1, 0.15) is 6.10 Å². The van der Waals surface area contributed by atoms with Crippen molar-refractivity contribution < 1.29 is 24.5 Å². The number of hydrogen-bond acceptors (Lipinski definition) is 5. The Bertz CT molecular complexity index is 915. The SMILES string of the molecule is CCCCC/C=C/C=C/CCCCCCC(CC(=O)NC(CO)C(O)CCCCCCCCCCCC)OC(=O)CCCCC/C=C\CCCCCCCC. The lowest BCUT2D eigenvalue weighted by Crippen LogP contribution is -2.46. The number of carbonyl (C=O) groups is 2. The van der Waals surface area contributed by atoms with Crippen LogP contribution in [-0.4, -0.2) is 46.9 Å². The zero-order chi connectivity index (χ0) is 40.3. The van der Waals surface area contributed by atoms with Gasteiger partial charge in [-0.1, -0.05) is 186 Å². The van der Waals surface area contributed by atoms with Gasteiger partial charge in [-0.15, -0.1) is 0 Å². The molecule has 55 heavy (non-hydrogen) atoms. The van der Waals surface area contributed by atoms with Gasteiger partial charge in [-0.05, 0) is 77.0 Å². The number of aliphatic hydroxyl groups excluding tert-OH is 2. The lowest BCUT2D eigenvalue weighted by atomic mass is 10.0. The minimum absolute atomic E-state index is 0.0595. The van der Waals surface area contributed by atoms with Crippen LogP contribution in [0.4, 0.5) is 0 Å². The third kappa shape index (κ3) is 38.7. The van der Waals surface area contributed by atoms with E-state index in [2.05, 4.69) is 62.5 Å². The number of rotatable bonds is 42. The Morgan fingerprint density at radius 3 is 1.44 bits per heavy atom. The molecule has 0 fully saturated rings. The van der Waals surface area contributed by atoms with E-state index in [0.29, 0.717) is 19.3 Å². The summed E-state index contributed by atoms with van der Waals surface area (Å²) < 4.78 is 5.89. The molecule has 3 atom stereocenters. The molecule has 0 rings (SSSR count). The summed E-state index contributed by atoms with van der Waals surface area (Å²) >= 11 is 0. The van der Waals surface area contributed by atoms with Crippen molar-refractivity contribution in [2.75, 3.05) is 6.61 Å². The Hall–Kier alpha value is -1.92. The first-order valence-corrected chi connectivity index (χ1v) is 23.7. The van der Waals surface area contributed by atoms with Crippen LogP contribution in [0.3, 0.4) is 0 Å². The van der Waals surface area contributed by atoms with Crippen LogP contribution in [0.25, 0.3) is 0 Å². The van der Waals surface area contributed by atoms with Crippen LogP contribution in [0.15, 0.2) is 36.5 Å². The maximum absolute atomic E-state index is 13.1. The van der Waals surface area contributed by atoms with E-state index in [4.69, 9.17) is 4.74 Å². The summed E-state index contributed by atoms with van der Waals surface area (Å²) in [5.41, 5.74) is 0. The molecule has 1 amide bonds. The molecule has 322 valence electrons. The topological polar surface area (TPSA) is 95.9 Å². The molecule has 0 spiro atoms. The number of carbonyl (C=O) groups excluding carboxylic acids is 2. The van der Waals surface area contributed by atoms with Crippen LogP contribution in [-0.2, 0) is 14.3 Å². The molecule has 0 aliphatic heterocycles. The minimum atomic E-state index is -0.792. The van der Waals surface area contributed by atoms with Gasteiger partial charge in [-0.25, -0.2) is 0 Å². The third-order valence-corrected chi connectivity index (χ3v) is 10.7. The molecule has 0 radical (unpaired) electrons. The van der Waals surface area contributed by atoms with Gasteiger partial charge in [0, 0.05) is 6.42 Å². The highest BCUT2D eigenvalue weighted by Gasteiger charge is 2.24.